The molecule has 0 fully saturated rings. The lowest BCUT2D eigenvalue weighted by atomic mass is 9.94. The zero-order valence-electron chi connectivity index (χ0n) is 18.3. The van der Waals surface area contributed by atoms with E-state index in [0.717, 1.165) is 29.7 Å². The fourth-order valence-electron chi connectivity index (χ4n) is 3.79. The molecule has 1 atom stereocenters. The van der Waals surface area contributed by atoms with Crippen LogP contribution in [0.1, 0.15) is 44.2 Å². The molecule has 8 heteroatoms. The van der Waals surface area contributed by atoms with E-state index in [1.807, 2.05) is 37.3 Å². The molecule has 4 rings (SSSR count). The predicted octanol–water partition coefficient (Wildman–Crippen LogP) is 5.18. The van der Waals surface area contributed by atoms with Gasteiger partial charge in [0.05, 0.1) is 18.7 Å². The number of benzene rings is 2. The number of methoxy groups -OCH3 is 1. The monoisotopic (exact) mass is 436 g/mol. The number of rotatable bonds is 7. The molecule has 32 heavy (non-hydrogen) atoms. The summed E-state index contributed by atoms with van der Waals surface area (Å²) < 4.78 is 24.8. The number of amides is 2. The number of aromatic nitrogens is 2. The van der Waals surface area contributed by atoms with E-state index >= 15 is 0 Å². The summed E-state index contributed by atoms with van der Waals surface area (Å²) in [6.45, 7) is 4.55. The molecule has 2 aromatic carbocycles. The topological polar surface area (TPSA) is 80.5 Å². The Labute approximate surface area is 185 Å². The molecule has 0 bridgehead atoms. The summed E-state index contributed by atoms with van der Waals surface area (Å²) in [7, 11) is 1.41. The van der Waals surface area contributed by atoms with Crippen molar-refractivity contribution < 1.29 is 18.4 Å². The van der Waals surface area contributed by atoms with Gasteiger partial charge in [-0.2, -0.15) is 4.98 Å². The average molecular weight is 436 g/mol. The van der Waals surface area contributed by atoms with Gasteiger partial charge in [-0.25, -0.2) is 9.18 Å². The number of nitrogens with zero attached hydrogens (tertiary/aromatic N) is 3. The first-order valence-electron chi connectivity index (χ1n) is 10.5. The van der Waals surface area contributed by atoms with E-state index in [2.05, 4.69) is 22.4 Å². The van der Waals surface area contributed by atoms with Crippen molar-refractivity contribution in [3.05, 3.63) is 71.5 Å². The third kappa shape index (κ3) is 4.08. The minimum Gasteiger partial charge on any atom is -0.494 e. The Morgan fingerprint density at radius 2 is 2.00 bits per heavy atom. The molecule has 0 radical (unpaired) electrons. The third-order valence-electron chi connectivity index (χ3n) is 5.53. The first-order valence-corrected chi connectivity index (χ1v) is 10.5. The van der Waals surface area contributed by atoms with Gasteiger partial charge in [-0.3, -0.25) is 4.90 Å². The number of nitrogens with one attached hydrogen (secondary N) is 1. The third-order valence-corrected chi connectivity index (χ3v) is 5.53. The van der Waals surface area contributed by atoms with Crippen LogP contribution in [0.5, 0.6) is 5.75 Å². The fourth-order valence-corrected chi connectivity index (χ4v) is 3.79. The number of carbonyl (C=O) groups is 1. The Hall–Kier alpha value is -3.68. The molecule has 1 unspecified atom stereocenters. The summed E-state index contributed by atoms with van der Waals surface area (Å²) in [4.78, 5) is 19.1. The van der Waals surface area contributed by atoms with Crippen LogP contribution in [0.15, 0.2) is 58.8 Å². The van der Waals surface area contributed by atoms with Crippen LogP contribution in [0.4, 0.5) is 9.18 Å². The van der Waals surface area contributed by atoms with Crippen molar-refractivity contribution in [3.63, 3.8) is 0 Å². The Balaban J connectivity index is 1.77. The lowest BCUT2D eigenvalue weighted by Gasteiger charge is -2.35. The smallest absolute Gasteiger partial charge is 0.322 e. The van der Waals surface area contributed by atoms with E-state index in [0.29, 0.717) is 12.1 Å². The first-order chi connectivity index (χ1) is 15.5. The van der Waals surface area contributed by atoms with Gasteiger partial charge >= 0.3 is 6.03 Å². The minimum absolute atomic E-state index is 0.140. The second kappa shape index (κ2) is 9.21. The van der Waals surface area contributed by atoms with Crippen LogP contribution < -0.4 is 10.1 Å². The molecule has 166 valence electrons. The molecular formula is C24H25FN4O3. The standard InChI is InChI=1S/C24H25FN4O3/c1-4-5-13-29-15(2)20(21(26-24(29)30)16-9-7-6-8-10-16)23-27-22(28-32-23)17-11-12-19(31-3)18(25)14-17/h6-12,14,21H,4-5,13H2,1-3H3,(H,26,30). The van der Waals surface area contributed by atoms with Gasteiger partial charge in [-0.1, -0.05) is 48.8 Å². The summed E-state index contributed by atoms with van der Waals surface area (Å²) in [5.74, 6) is 0.168. The van der Waals surface area contributed by atoms with Gasteiger partial charge < -0.3 is 14.6 Å². The zero-order valence-corrected chi connectivity index (χ0v) is 18.3. The molecule has 1 aliphatic heterocycles. The van der Waals surface area contributed by atoms with Crippen LogP contribution in [0.25, 0.3) is 17.0 Å². The molecule has 0 spiro atoms. The molecule has 7 nitrogen and oxygen atoms in total. The summed E-state index contributed by atoms with van der Waals surface area (Å²) in [5.41, 5.74) is 2.85. The molecule has 1 aliphatic rings. The summed E-state index contributed by atoms with van der Waals surface area (Å²) in [6.07, 6.45) is 1.83. The van der Waals surface area contributed by atoms with Crippen LogP contribution >= 0.6 is 0 Å². The lowest BCUT2D eigenvalue weighted by Crippen LogP contribution is -2.46. The molecule has 0 saturated heterocycles. The number of hydrogen-bond acceptors (Lipinski definition) is 5. The average Bonchev–Trinajstić information content (AvgIpc) is 3.29. The van der Waals surface area contributed by atoms with Crippen LogP contribution in [0.3, 0.4) is 0 Å². The molecule has 0 saturated carbocycles. The van der Waals surface area contributed by atoms with Crippen molar-refractivity contribution in [2.24, 2.45) is 0 Å². The largest absolute Gasteiger partial charge is 0.494 e. The van der Waals surface area contributed by atoms with E-state index in [9.17, 15) is 9.18 Å². The molecular weight excluding hydrogens is 411 g/mol. The van der Waals surface area contributed by atoms with Crippen LogP contribution in [-0.4, -0.2) is 34.7 Å². The van der Waals surface area contributed by atoms with Gasteiger partial charge in [0.2, 0.25) is 5.82 Å². The number of hydrogen-bond donors (Lipinski definition) is 1. The van der Waals surface area contributed by atoms with Crippen molar-refractivity contribution in [1.29, 1.82) is 0 Å². The lowest BCUT2D eigenvalue weighted by molar-refractivity contribution is 0.204. The van der Waals surface area contributed by atoms with E-state index in [1.54, 1.807) is 11.0 Å². The molecule has 1 N–H and O–H groups in total. The number of carbonyl (C=O) groups excluding carboxylic acids is 1. The molecule has 1 aromatic heterocycles. The number of allylic oxidation sites excluding steroid dienone is 1. The normalized spacial score (nSPS) is 16.3. The van der Waals surface area contributed by atoms with Gasteiger partial charge in [0.1, 0.15) is 0 Å². The van der Waals surface area contributed by atoms with Gasteiger partial charge in [0, 0.05) is 17.8 Å². The first kappa shape index (κ1) is 21.5. The Kier molecular flexibility index (Phi) is 6.20. The van der Waals surface area contributed by atoms with Gasteiger partial charge in [0.15, 0.2) is 11.6 Å². The number of ether oxygens (including phenoxy) is 1. The zero-order chi connectivity index (χ0) is 22.7. The van der Waals surface area contributed by atoms with Crippen molar-refractivity contribution in [1.82, 2.24) is 20.4 Å². The second-order valence-electron chi connectivity index (χ2n) is 7.57. The highest BCUT2D eigenvalue weighted by atomic mass is 19.1. The summed E-state index contributed by atoms with van der Waals surface area (Å²) >= 11 is 0. The van der Waals surface area contributed by atoms with Crippen molar-refractivity contribution >= 4 is 11.6 Å². The fraction of sp³-hybridized carbons (Fsp3) is 0.292. The number of urea groups is 1. The van der Waals surface area contributed by atoms with Gasteiger partial charge in [-0.15, -0.1) is 0 Å². The van der Waals surface area contributed by atoms with Crippen molar-refractivity contribution in [2.75, 3.05) is 13.7 Å². The van der Waals surface area contributed by atoms with Crippen molar-refractivity contribution in [3.8, 4) is 17.1 Å². The molecule has 0 aliphatic carbocycles. The van der Waals surface area contributed by atoms with Crippen LogP contribution in [0.2, 0.25) is 0 Å². The van der Waals surface area contributed by atoms with Gasteiger partial charge in [-0.05, 0) is 37.1 Å². The van der Waals surface area contributed by atoms with E-state index in [1.165, 1.54) is 19.2 Å². The highest BCUT2D eigenvalue weighted by molar-refractivity contribution is 5.86. The maximum absolute atomic E-state index is 14.2. The number of halogens is 1. The predicted molar refractivity (Wildman–Crippen MR) is 118 cm³/mol. The maximum Gasteiger partial charge on any atom is 0.322 e. The Morgan fingerprint density at radius 3 is 2.69 bits per heavy atom. The maximum atomic E-state index is 14.2. The van der Waals surface area contributed by atoms with E-state index in [-0.39, 0.29) is 23.5 Å². The highest BCUT2D eigenvalue weighted by Crippen LogP contribution is 2.37. The highest BCUT2D eigenvalue weighted by Gasteiger charge is 2.35. The molecule has 2 heterocycles. The summed E-state index contributed by atoms with van der Waals surface area (Å²) in [6, 6.07) is 13.5. The minimum atomic E-state index is -0.510. The van der Waals surface area contributed by atoms with E-state index in [4.69, 9.17) is 9.26 Å². The van der Waals surface area contributed by atoms with Gasteiger partial charge in [0.25, 0.3) is 5.89 Å². The van der Waals surface area contributed by atoms with Crippen LogP contribution in [0, 0.1) is 5.82 Å². The second-order valence-corrected chi connectivity index (χ2v) is 7.57. The summed E-state index contributed by atoms with van der Waals surface area (Å²) in [5, 5.41) is 7.14. The quantitative estimate of drug-likeness (QED) is 0.552. The SMILES string of the molecule is CCCCN1C(=O)NC(c2ccccc2)C(c2nc(-c3ccc(OC)c(F)c3)no2)=C1C. The van der Waals surface area contributed by atoms with Crippen molar-refractivity contribution in [2.45, 2.75) is 32.7 Å². The number of unbranched alkanes of at least 4 members (excludes halogenated alkanes) is 1. The molecule has 2 amide bonds. The Morgan fingerprint density at radius 1 is 1.22 bits per heavy atom. The molecule has 3 aromatic rings. The Bertz CT molecular complexity index is 1140. The van der Waals surface area contributed by atoms with Crippen LogP contribution in [-0.2, 0) is 0 Å². The van der Waals surface area contributed by atoms with E-state index < -0.39 is 11.9 Å².